The Balaban J connectivity index is 1.58. The monoisotopic (exact) mass is 561 g/mol. The van der Waals surface area contributed by atoms with Crippen LogP contribution in [0.1, 0.15) is 53.2 Å². The molecule has 1 saturated carbocycles. The third kappa shape index (κ3) is 4.64. The van der Waals surface area contributed by atoms with Crippen molar-refractivity contribution >= 4 is 52.3 Å². The van der Waals surface area contributed by atoms with E-state index in [1.54, 1.807) is 19.9 Å². The van der Waals surface area contributed by atoms with E-state index in [-0.39, 0.29) is 32.3 Å². The Morgan fingerprint density at radius 2 is 1.75 bits per heavy atom. The van der Waals surface area contributed by atoms with Crippen molar-refractivity contribution in [3.05, 3.63) is 67.7 Å². The summed E-state index contributed by atoms with van der Waals surface area (Å²) in [5.74, 6) is -0.682. The molecule has 1 heterocycles. The van der Waals surface area contributed by atoms with Gasteiger partial charge in [0.1, 0.15) is 5.54 Å². The summed E-state index contributed by atoms with van der Waals surface area (Å²) in [6, 6.07) is 6.65. The molecule has 2 aromatic rings. The predicted molar refractivity (Wildman–Crippen MR) is 131 cm³/mol. The standard InChI is InChI=1S/C24H21Cl3F3N3O3/c1-3-31-21(35)22(6-7-22)32-20(34)15-5-4-13(8-12(15)2)18-11-23(36-33-18,24(28,29)30)14-9-16(25)19(27)17(26)10-14/h4-5,8-10H,3,6-7,11H2,1-2H3,(H,31,35)(H,32,34). The summed E-state index contributed by atoms with van der Waals surface area (Å²) < 4.78 is 42.9. The SMILES string of the molecule is CCNC(=O)C1(NC(=O)c2ccc(C3=NOC(c4cc(Cl)c(Cl)c(Cl)c4)(C(F)(F)F)C3)cc2C)CC1. The van der Waals surface area contributed by atoms with Gasteiger partial charge in [0.2, 0.25) is 5.91 Å². The molecule has 1 aliphatic heterocycles. The highest BCUT2D eigenvalue weighted by Gasteiger charge is 2.62. The van der Waals surface area contributed by atoms with Crippen LogP contribution in [0.3, 0.4) is 0 Å². The van der Waals surface area contributed by atoms with Crippen LogP contribution in [-0.2, 0) is 15.2 Å². The first-order chi connectivity index (χ1) is 16.8. The van der Waals surface area contributed by atoms with Crippen molar-refractivity contribution in [2.24, 2.45) is 5.16 Å². The Kier molecular flexibility index (Phi) is 6.96. The highest BCUT2D eigenvalue weighted by Crippen LogP contribution is 2.50. The molecule has 2 N–H and O–H groups in total. The van der Waals surface area contributed by atoms with Crippen LogP contribution >= 0.6 is 34.8 Å². The van der Waals surface area contributed by atoms with E-state index >= 15 is 0 Å². The summed E-state index contributed by atoms with van der Waals surface area (Å²) in [5.41, 5.74) is -2.88. The summed E-state index contributed by atoms with van der Waals surface area (Å²) in [5, 5.41) is 8.87. The van der Waals surface area contributed by atoms with Crippen LogP contribution in [-0.4, -0.2) is 35.8 Å². The topological polar surface area (TPSA) is 79.8 Å². The van der Waals surface area contributed by atoms with Crippen molar-refractivity contribution in [1.29, 1.82) is 0 Å². The van der Waals surface area contributed by atoms with E-state index in [1.165, 1.54) is 12.1 Å². The molecule has 0 aromatic heterocycles. The lowest BCUT2D eigenvalue weighted by atomic mass is 9.86. The quantitative estimate of drug-likeness (QED) is 0.428. The van der Waals surface area contributed by atoms with Gasteiger partial charge in [0, 0.05) is 24.1 Å². The molecule has 1 atom stereocenters. The third-order valence-corrected chi connectivity index (χ3v) is 7.51. The Morgan fingerprint density at radius 3 is 2.28 bits per heavy atom. The van der Waals surface area contributed by atoms with Gasteiger partial charge in [-0.1, -0.05) is 46.0 Å². The van der Waals surface area contributed by atoms with E-state index in [1.807, 2.05) is 0 Å². The van der Waals surface area contributed by atoms with Crippen LogP contribution in [0.25, 0.3) is 0 Å². The van der Waals surface area contributed by atoms with Gasteiger partial charge >= 0.3 is 6.18 Å². The highest BCUT2D eigenvalue weighted by atomic mass is 35.5. The number of aryl methyl sites for hydroxylation is 1. The van der Waals surface area contributed by atoms with E-state index in [4.69, 9.17) is 39.6 Å². The number of rotatable bonds is 6. The molecule has 6 nitrogen and oxygen atoms in total. The van der Waals surface area contributed by atoms with Crippen molar-refractivity contribution in [3.63, 3.8) is 0 Å². The van der Waals surface area contributed by atoms with Crippen molar-refractivity contribution in [2.45, 2.75) is 50.4 Å². The number of nitrogens with zero attached hydrogens (tertiary/aromatic N) is 1. The fourth-order valence-corrected chi connectivity index (χ4v) is 4.69. The Morgan fingerprint density at radius 1 is 1.11 bits per heavy atom. The Hall–Kier alpha value is -2.49. The second-order valence-corrected chi connectivity index (χ2v) is 10.0. The number of nitrogens with one attached hydrogen (secondary N) is 2. The third-order valence-electron chi connectivity index (χ3n) is 6.32. The lowest BCUT2D eigenvalue weighted by Crippen LogP contribution is -2.49. The Labute approximate surface area is 220 Å². The maximum absolute atomic E-state index is 14.3. The molecule has 1 fully saturated rings. The Bertz CT molecular complexity index is 1260. The van der Waals surface area contributed by atoms with Crippen LogP contribution in [0.4, 0.5) is 13.2 Å². The van der Waals surface area contributed by atoms with Gasteiger partial charge < -0.3 is 15.5 Å². The molecule has 1 unspecified atom stereocenters. The molecule has 0 saturated heterocycles. The highest BCUT2D eigenvalue weighted by molar-refractivity contribution is 6.48. The van der Waals surface area contributed by atoms with Crippen LogP contribution in [0.2, 0.25) is 15.1 Å². The molecule has 2 aromatic carbocycles. The number of halogens is 6. The zero-order chi connectivity index (χ0) is 26.5. The maximum atomic E-state index is 14.3. The van der Waals surface area contributed by atoms with Gasteiger partial charge in [0.15, 0.2) is 0 Å². The minimum atomic E-state index is -4.86. The molecule has 12 heteroatoms. The van der Waals surface area contributed by atoms with E-state index in [0.29, 0.717) is 36.1 Å². The molecule has 2 amide bonds. The molecule has 2 aliphatic rings. The van der Waals surface area contributed by atoms with Gasteiger partial charge in [-0.25, -0.2) is 0 Å². The minimum Gasteiger partial charge on any atom is -0.374 e. The first kappa shape index (κ1) is 26.6. The molecule has 4 rings (SSSR count). The van der Waals surface area contributed by atoms with E-state index in [2.05, 4.69) is 15.8 Å². The first-order valence-electron chi connectivity index (χ1n) is 11.0. The largest absolute Gasteiger partial charge is 0.435 e. The van der Waals surface area contributed by atoms with Gasteiger partial charge in [0.25, 0.3) is 11.5 Å². The molecule has 0 radical (unpaired) electrons. The van der Waals surface area contributed by atoms with Crippen molar-refractivity contribution in [2.75, 3.05) is 6.54 Å². The van der Waals surface area contributed by atoms with Gasteiger partial charge in [-0.05, 0) is 62.1 Å². The van der Waals surface area contributed by atoms with Crippen LogP contribution in [0.5, 0.6) is 0 Å². The maximum Gasteiger partial charge on any atom is 0.435 e. The van der Waals surface area contributed by atoms with Crippen LogP contribution < -0.4 is 10.6 Å². The van der Waals surface area contributed by atoms with Crippen molar-refractivity contribution in [3.8, 4) is 0 Å². The first-order valence-corrected chi connectivity index (χ1v) is 12.2. The van der Waals surface area contributed by atoms with Gasteiger partial charge in [-0.15, -0.1) is 0 Å². The van der Waals surface area contributed by atoms with Crippen molar-refractivity contribution in [1.82, 2.24) is 10.6 Å². The number of alkyl halides is 3. The number of hydrogen-bond acceptors (Lipinski definition) is 4. The number of oxime groups is 1. The number of likely N-dealkylation sites (N-methyl/N-ethyl adjacent to an activating group) is 1. The molecule has 192 valence electrons. The zero-order valence-corrected chi connectivity index (χ0v) is 21.4. The minimum absolute atomic E-state index is 0.0329. The molecule has 0 spiro atoms. The van der Waals surface area contributed by atoms with Gasteiger partial charge in [-0.3, -0.25) is 9.59 Å². The van der Waals surface area contributed by atoms with Gasteiger partial charge in [0.05, 0.1) is 20.8 Å². The lowest BCUT2D eigenvalue weighted by molar-refractivity contribution is -0.275. The lowest BCUT2D eigenvalue weighted by Gasteiger charge is -2.30. The van der Waals surface area contributed by atoms with Crippen LogP contribution in [0, 0.1) is 6.92 Å². The second kappa shape index (κ2) is 9.43. The van der Waals surface area contributed by atoms with Gasteiger partial charge in [-0.2, -0.15) is 13.2 Å². The number of carbonyl (C=O) groups is 2. The van der Waals surface area contributed by atoms with E-state index in [9.17, 15) is 22.8 Å². The molecular formula is C24H21Cl3F3N3O3. The summed E-state index contributed by atoms with van der Waals surface area (Å²) in [6.45, 7) is 3.89. The van der Waals surface area contributed by atoms with Crippen LogP contribution in [0.15, 0.2) is 35.5 Å². The predicted octanol–water partition coefficient (Wildman–Crippen LogP) is 5.94. The summed E-state index contributed by atoms with van der Waals surface area (Å²) in [7, 11) is 0. The number of hydrogen-bond donors (Lipinski definition) is 2. The second-order valence-electron chi connectivity index (χ2n) is 8.81. The van der Waals surface area contributed by atoms with E-state index < -0.39 is 29.6 Å². The number of carbonyl (C=O) groups excluding carboxylic acids is 2. The van der Waals surface area contributed by atoms with E-state index in [0.717, 1.165) is 12.1 Å². The molecule has 36 heavy (non-hydrogen) atoms. The molecular weight excluding hydrogens is 542 g/mol. The zero-order valence-electron chi connectivity index (χ0n) is 19.2. The summed E-state index contributed by atoms with van der Waals surface area (Å²) in [4.78, 5) is 30.1. The fourth-order valence-electron chi connectivity index (χ4n) is 4.09. The average Bonchev–Trinajstić information content (AvgIpc) is 3.43. The summed E-state index contributed by atoms with van der Waals surface area (Å²) >= 11 is 17.9. The normalized spacial score (nSPS) is 20.4. The number of benzene rings is 2. The average molecular weight is 563 g/mol. The smallest absolute Gasteiger partial charge is 0.374 e. The fraction of sp³-hybridized carbons (Fsp3) is 0.375. The molecule has 1 aliphatic carbocycles. The summed E-state index contributed by atoms with van der Waals surface area (Å²) in [6.07, 6.45) is -4.43. The van der Waals surface area contributed by atoms with Crippen molar-refractivity contribution < 1.29 is 27.6 Å². The molecule has 0 bridgehead atoms. The number of amides is 2.